The first-order chi connectivity index (χ1) is 29.8. The zero-order valence-electron chi connectivity index (χ0n) is 33.2. The molecule has 3 nitrogen and oxygen atoms in total. The largest absolute Gasteiger partial charge is 0.416 e. The lowest BCUT2D eigenvalue weighted by molar-refractivity contribution is -0.143. The lowest BCUT2D eigenvalue weighted by atomic mass is 9.94. The van der Waals surface area contributed by atoms with Crippen LogP contribution >= 0.6 is 0 Å². The van der Waals surface area contributed by atoms with Crippen LogP contribution in [-0.4, -0.2) is 9.13 Å². The van der Waals surface area contributed by atoms with Gasteiger partial charge in [0.05, 0.1) is 56.2 Å². The standard InChI is InChI=1S/C53H33F6N3/c1-31-9-7-11-34(21-31)36-17-19-43-41-13-3-5-15-45(41)61(47(43)27-36)49-23-33(30-60)24-50(51(49)38-25-39(52(54,55)56)29-40(26-38)53(57,58)59)62-46-16-6-4-14-42(46)44-20-18-37(28-48(44)62)35-12-8-10-32(2)22-35/h3-29H,1-2H3. The highest BCUT2D eigenvalue weighted by molar-refractivity contribution is 6.13. The minimum atomic E-state index is -5.12. The van der Waals surface area contributed by atoms with E-state index in [1.54, 1.807) is 12.1 Å². The minimum Gasteiger partial charge on any atom is -0.308 e. The Kier molecular flexibility index (Phi) is 8.89. The number of aryl methyl sites for hydroxylation is 2. The van der Waals surface area contributed by atoms with Crippen LogP contribution in [0.3, 0.4) is 0 Å². The lowest BCUT2D eigenvalue weighted by Crippen LogP contribution is -2.12. The van der Waals surface area contributed by atoms with Crippen LogP contribution in [0.15, 0.2) is 164 Å². The molecule has 0 amide bonds. The summed E-state index contributed by atoms with van der Waals surface area (Å²) in [6.45, 7) is 3.98. The van der Waals surface area contributed by atoms with Crippen molar-refractivity contribution in [1.82, 2.24) is 9.13 Å². The van der Waals surface area contributed by atoms with Crippen molar-refractivity contribution in [3.8, 4) is 50.8 Å². The average molecular weight is 826 g/mol. The normalized spacial score (nSPS) is 12.2. The average Bonchev–Trinajstić information content (AvgIpc) is 3.77. The molecule has 0 fully saturated rings. The Balaban J connectivity index is 1.40. The summed E-state index contributed by atoms with van der Waals surface area (Å²) in [5, 5.41) is 14.0. The second-order valence-electron chi connectivity index (χ2n) is 15.7. The van der Waals surface area contributed by atoms with Crippen LogP contribution in [0, 0.1) is 25.2 Å². The van der Waals surface area contributed by atoms with E-state index in [1.165, 1.54) is 0 Å². The number of para-hydroxylation sites is 2. The van der Waals surface area contributed by atoms with Gasteiger partial charge in [-0.05, 0) is 96.3 Å². The fourth-order valence-electron chi connectivity index (χ4n) is 8.89. The molecule has 8 aromatic carbocycles. The number of benzene rings is 8. The molecule has 0 N–H and O–H groups in total. The Morgan fingerprint density at radius 2 is 0.823 bits per heavy atom. The number of fused-ring (bicyclic) bond motifs is 6. The molecule has 62 heavy (non-hydrogen) atoms. The molecule has 2 aromatic heterocycles. The molecular formula is C53H33F6N3. The fraction of sp³-hybridized carbons (Fsp3) is 0.0755. The van der Waals surface area contributed by atoms with Gasteiger partial charge in [-0.25, -0.2) is 0 Å². The predicted molar refractivity (Wildman–Crippen MR) is 236 cm³/mol. The summed E-state index contributed by atoms with van der Waals surface area (Å²) < 4.78 is 92.5. The summed E-state index contributed by atoms with van der Waals surface area (Å²) in [5.41, 5.74) is 5.75. The van der Waals surface area contributed by atoms with E-state index in [1.807, 2.05) is 156 Å². The Morgan fingerprint density at radius 3 is 1.24 bits per heavy atom. The van der Waals surface area contributed by atoms with Crippen molar-refractivity contribution in [2.24, 2.45) is 0 Å². The molecule has 0 aliphatic heterocycles. The minimum absolute atomic E-state index is 0.0767. The molecule has 0 saturated heterocycles. The van der Waals surface area contributed by atoms with Gasteiger partial charge in [-0.3, -0.25) is 0 Å². The number of hydrogen-bond acceptors (Lipinski definition) is 1. The smallest absolute Gasteiger partial charge is 0.308 e. The van der Waals surface area contributed by atoms with Crippen LogP contribution in [0.4, 0.5) is 26.3 Å². The molecule has 9 heteroatoms. The van der Waals surface area contributed by atoms with Crippen LogP contribution in [0.1, 0.15) is 27.8 Å². The van der Waals surface area contributed by atoms with E-state index in [0.717, 1.165) is 67.1 Å². The highest BCUT2D eigenvalue weighted by Gasteiger charge is 2.38. The third-order valence-corrected chi connectivity index (χ3v) is 11.6. The van der Waals surface area contributed by atoms with Gasteiger partial charge >= 0.3 is 12.4 Å². The number of aromatic nitrogens is 2. The van der Waals surface area contributed by atoms with Crippen molar-refractivity contribution < 1.29 is 26.3 Å². The molecule has 0 aliphatic carbocycles. The highest BCUT2D eigenvalue weighted by Crippen LogP contribution is 2.46. The van der Waals surface area contributed by atoms with Crippen molar-refractivity contribution in [1.29, 1.82) is 5.26 Å². The molecule has 0 saturated carbocycles. The summed E-state index contributed by atoms with van der Waals surface area (Å²) in [4.78, 5) is 0. The molecule has 2 heterocycles. The zero-order valence-corrected chi connectivity index (χ0v) is 33.2. The maximum atomic E-state index is 14.8. The van der Waals surface area contributed by atoms with E-state index in [0.29, 0.717) is 22.1 Å². The van der Waals surface area contributed by atoms with Crippen LogP contribution in [-0.2, 0) is 12.4 Å². The first-order valence-corrected chi connectivity index (χ1v) is 19.9. The SMILES string of the molecule is Cc1cccc(-c2ccc3c4ccccc4n(-c4cc(C#N)cc(-n5c6ccccc6c6ccc(-c7cccc(C)c7)cc65)c4-c4cc(C(F)(F)F)cc(C(F)(F)F)c4)c3c2)c1. The molecular weight excluding hydrogens is 793 g/mol. The maximum Gasteiger partial charge on any atom is 0.416 e. The van der Waals surface area contributed by atoms with Crippen molar-refractivity contribution >= 4 is 43.6 Å². The fourth-order valence-corrected chi connectivity index (χ4v) is 8.89. The molecule has 10 rings (SSSR count). The van der Waals surface area contributed by atoms with Crippen molar-refractivity contribution in [2.75, 3.05) is 0 Å². The highest BCUT2D eigenvalue weighted by atomic mass is 19.4. The van der Waals surface area contributed by atoms with E-state index < -0.39 is 23.5 Å². The van der Waals surface area contributed by atoms with Crippen molar-refractivity contribution in [3.63, 3.8) is 0 Å². The Labute approximate surface area is 351 Å². The summed E-state index contributed by atoms with van der Waals surface area (Å²) in [7, 11) is 0. The van der Waals surface area contributed by atoms with Crippen molar-refractivity contribution in [2.45, 2.75) is 26.2 Å². The first kappa shape index (κ1) is 38.6. The molecule has 10 aromatic rings. The van der Waals surface area contributed by atoms with Crippen LogP contribution in [0.2, 0.25) is 0 Å². The van der Waals surface area contributed by atoms with E-state index in [2.05, 4.69) is 6.07 Å². The molecule has 0 radical (unpaired) electrons. The number of nitriles is 1. The third kappa shape index (κ3) is 6.47. The Hall–Kier alpha value is -7.57. The molecule has 0 atom stereocenters. The second kappa shape index (κ2) is 14.3. The number of alkyl halides is 6. The second-order valence-corrected chi connectivity index (χ2v) is 15.7. The topological polar surface area (TPSA) is 33.6 Å². The molecule has 302 valence electrons. The van der Waals surface area contributed by atoms with Gasteiger partial charge < -0.3 is 9.13 Å². The third-order valence-electron chi connectivity index (χ3n) is 11.6. The van der Waals surface area contributed by atoms with Gasteiger partial charge in [0.2, 0.25) is 0 Å². The van der Waals surface area contributed by atoms with Gasteiger partial charge in [0.1, 0.15) is 0 Å². The van der Waals surface area contributed by atoms with E-state index in [4.69, 9.17) is 0 Å². The number of nitrogens with zero attached hydrogens (tertiary/aromatic N) is 3. The monoisotopic (exact) mass is 825 g/mol. The van der Waals surface area contributed by atoms with Crippen LogP contribution < -0.4 is 0 Å². The van der Waals surface area contributed by atoms with Crippen molar-refractivity contribution in [3.05, 3.63) is 192 Å². The van der Waals surface area contributed by atoms with Gasteiger partial charge in [-0.1, -0.05) is 120 Å². The molecule has 0 bridgehead atoms. The molecule has 0 spiro atoms. The lowest BCUT2D eigenvalue weighted by Gasteiger charge is -2.22. The zero-order chi connectivity index (χ0) is 43.1. The molecule has 0 aliphatic rings. The van der Waals surface area contributed by atoms with Gasteiger partial charge in [-0.15, -0.1) is 0 Å². The maximum absolute atomic E-state index is 14.8. The van der Waals surface area contributed by atoms with E-state index >= 15 is 0 Å². The van der Waals surface area contributed by atoms with Crippen LogP contribution in [0.25, 0.3) is 88.4 Å². The van der Waals surface area contributed by atoms with Crippen LogP contribution in [0.5, 0.6) is 0 Å². The quantitative estimate of drug-likeness (QED) is 0.159. The summed E-state index contributed by atoms with van der Waals surface area (Å²) in [6, 6.07) is 50.0. The van der Waals surface area contributed by atoms with Gasteiger partial charge in [-0.2, -0.15) is 31.6 Å². The molecule has 0 unspecified atom stereocenters. The summed E-state index contributed by atoms with van der Waals surface area (Å²) in [6.07, 6.45) is -10.2. The summed E-state index contributed by atoms with van der Waals surface area (Å²) in [5.74, 6) is 0. The Morgan fingerprint density at radius 1 is 0.403 bits per heavy atom. The number of halogens is 6. The van der Waals surface area contributed by atoms with Gasteiger partial charge in [0, 0.05) is 27.1 Å². The summed E-state index contributed by atoms with van der Waals surface area (Å²) >= 11 is 0. The predicted octanol–water partition coefficient (Wildman–Crippen LogP) is 15.4. The van der Waals surface area contributed by atoms with E-state index in [9.17, 15) is 31.6 Å². The first-order valence-electron chi connectivity index (χ1n) is 19.9. The van der Waals surface area contributed by atoms with E-state index in [-0.39, 0.29) is 34.1 Å². The van der Waals surface area contributed by atoms with Gasteiger partial charge in [0.25, 0.3) is 0 Å². The number of rotatable bonds is 5. The van der Waals surface area contributed by atoms with Gasteiger partial charge in [0.15, 0.2) is 0 Å². The Bertz CT molecular complexity index is 3270. The number of hydrogen-bond donors (Lipinski definition) is 0.